The van der Waals surface area contributed by atoms with Gasteiger partial charge in [0.25, 0.3) is 0 Å². The lowest BCUT2D eigenvalue weighted by Gasteiger charge is -2.10. The molecule has 8 aromatic carbocycles. The van der Waals surface area contributed by atoms with Crippen molar-refractivity contribution in [3.05, 3.63) is 181 Å². The first kappa shape index (κ1) is 28.2. The van der Waals surface area contributed by atoms with Crippen molar-refractivity contribution in [2.75, 3.05) is 0 Å². The number of hydrogen-bond donors (Lipinski definition) is 0. The third-order valence-electron chi connectivity index (χ3n) is 10.1. The fraction of sp³-hybridized carbons (Fsp3) is 0. The van der Waals surface area contributed by atoms with Crippen LogP contribution in [0.5, 0.6) is 0 Å². The van der Waals surface area contributed by atoms with E-state index in [9.17, 15) is 5.26 Å². The van der Waals surface area contributed by atoms with E-state index in [2.05, 4.69) is 167 Å². The van der Waals surface area contributed by atoms with Crippen LogP contribution in [0.25, 0.3) is 88.0 Å². The highest BCUT2D eigenvalue weighted by molar-refractivity contribution is 6.21. The quantitative estimate of drug-likeness (QED) is 0.189. The summed E-state index contributed by atoms with van der Waals surface area (Å²) >= 11 is 0. The third-order valence-corrected chi connectivity index (χ3v) is 10.1. The lowest BCUT2D eigenvalue weighted by molar-refractivity contribution is 1.18. The molecule has 2 heterocycles. The SMILES string of the molecule is N#Cc1ccc(-c2ccc(-n3c4ccccc4c4cc(-c5ccc6c(ccc7c6c6ccccc6n7-c6ccccc6)c5)ccc43)cc2)cc1. The number of benzene rings is 8. The Morgan fingerprint density at radius 2 is 0.900 bits per heavy atom. The van der Waals surface area contributed by atoms with E-state index in [0.717, 1.165) is 16.8 Å². The average molecular weight is 636 g/mol. The number of hydrogen-bond acceptors (Lipinski definition) is 1. The number of fused-ring (bicyclic) bond motifs is 8. The molecule has 0 saturated heterocycles. The first-order valence-corrected chi connectivity index (χ1v) is 16.9. The maximum Gasteiger partial charge on any atom is 0.0991 e. The molecule has 0 saturated carbocycles. The molecule has 3 nitrogen and oxygen atoms in total. The Labute approximate surface area is 289 Å². The molecule has 0 atom stereocenters. The molecule has 0 bridgehead atoms. The summed E-state index contributed by atoms with van der Waals surface area (Å²) in [5.74, 6) is 0. The Hall–Kier alpha value is -6.89. The van der Waals surface area contributed by atoms with Gasteiger partial charge >= 0.3 is 0 Å². The number of nitriles is 1. The topological polar surface area (TPSA) is 33.6 Å². The zero-order chi connectivity index (χ0) is 33.2. The van der Waals surface area contributed by atoms with Crippen LogP contribution in [0, 0.1) is 11.3 Å². The van der Waals surface area contributed by atoms with Gasteiger partial charge in [0, 0.05) is 32.9 Å². The van der Waals surface area contributed by atoms with Gasteiger partial charge in [-0.2, -0.15) is 5.26 Å². The Kier molecular flexibility index (Phi) is 6.24. The molecule has 0 amide bonds. The molecule has 0 aliphatic carbocycles. The molecule has 0 aliphatic heterocycles. The van der Waals surface area contributed by atoms with Crippen molar-refractivity contribution < 1.29 is 0 Å². The molecule has 0 unspecified atom stereocenters. The van der Waals surface area contributed by atoms with E-state index < -0.39 is 0 Å². The van der Waals surface area contributed by atoms with Crippen molar-refractivity contribution in [2.45, 2.75) is 0 Å². The van der Waals surface area contributed by atoms with Crippen molar-refractivity contribution in [1.82, 2.24) is 9.13 Å². The molecule has 50 heavy (non-hydrogen) atoms. The summed E-state index contributed by atoms with van der Waals surface area (Å²) in [5, 5.41) is 16.7. The minimum atomic E-state index is 0.670. The molecule has 2 aromatic heterocycles. The molecule has 0 aliphatic rings. The van der Waals surface area contributed by atoms with E-state index in [1.807, 2.05) is 24.3 Å². The van der Waals surface area contributed by atoms with Gasteiger partial charge in [-0.3, -0.25) is 0 Å². The van der Waals surface area contributed by atoms with Crippen molar-refractivity contribution in [3.63, 3.8) is 0 Å². The fourth-order valence-corrected chi connectivity index (χ4v) is 7.80. The second-order valence-electron chi connectivity index (χ2n) is 12.9. The van der Waals surface area contributed by atoms with Gasteiger partial charge in [0.2, 0.25) is 0 Å². The summed E-state index contributed by atoms with van der Waals surface area (Å²) in [5.41, 5.74) is 12.4. The minimum Gasteiger partial charge on any atom is -0.309 e. The predicted octanol–water partition coefficient (Wildman–Crippen LogP) is 12.2. The number of aromatic nitrogens is 2. The van der Waals surface area contributed by atoms with Crippen LogP contribution in [0.3, 0.4) is 0 Å². The molecular formula is C47H29N3. The lowest BCUT2D eigenvalue weighted by atomic mass is 9.97. The highest BCUT2D eigenvalue weighted by Gasteiger charge is 2.16. The normalized spacial score (nSPS) is 11.6. The number of rotatable bonds is 4. The lowest BCUT2D eigenvalue weighted by Crippen LogP contribution is -1.93. The van der Waals surface area contributed by atoms with Crippen molar-refractivity contribution in [2.24, 2.45) is 0 Å². The summed E-state index contributed by atoms with van der Waals surface area (Å²) in [4.78, 5) is 0. The zero-order valence-corrected chi connectivity index (χ0v) is 27.1. The Morgan fingerprint density at radius 1 is 0.360 bits per heavy atom. The summed E-state index contributed by atoms with van der Waals surface area (Å²) in [6, 6.07) is 65.0. The summed E-state index contributed by atoms with van der Waals surface area (Å²) in [7, 11) is 0. The molecule has 0 N–H and O–H groups in total. The minimum absolute atomic E-state index is 0.670. The highest BCUT2D eigenvalue weighted by atomic mass is 15.0. The molecule has 0 spiro atoms. The molecular weight excluding hydrogens is 607 g/mol. The summed E-state index contributed by atoms with van der Waals surface area (Å²) in [6.45, 7) is 0. The standard InChI is InChI=1S/C47H29N3/c48-30-31-14-16-32(17-15-31)33-18-23-38(24-19-33)49-43-12-6-4-10-40(43)42-29-35(21-26-45(42)49)34-20-25-39-36(28-34)22-27-46-47(39)41-11-5-7-13-44(41)50(46)37-8-2-1-3-9-37/h1-29H. The first-order valence-electron chi connectivity index (χ1n) is 16.9. The van der Waals surface area contributed by atoms with Gasteiger partial charge in [0.05, 0.1) is 33.7 Å². The smallest absolute Gasteiger partial charge is 0.0991 e. The predicted molar refractivity (Wildman–Crippen MR) is 208 cm³/mol. The maximum absolute atomic E-state index is 9.19. The summed E-state index contributed by atoms with van der Waals surface area (Å²) < 4.78 is 4.74. The molecule has 10 aromatic rings. The van der Waals surface area contributed by atoms with Crippen LogP contribution in [-0.4, -0.2) is 9.13 Å². The van der Waals surface area contributed by atoms with Crippen molar-refractivity contribution in [3.8, 4) is 39.7 Å². The highest BCUT2D eigenvalue weighted by Crippen LogP contribution is 2.40. The Morgan fingerprint density at radius 3 is 1.66 bits per heavy atom. The number of para-hydroxylation sites is 3. The average Bonchev–Trinajstić information content (AvgIpc) is 3.71. The van der Waals surface area contributed by atoms with Crippen LogP contribution < -0.4 is 0 Å². The third kappa shape index (κ3) is 4.29. The van der Waals surface area contributed by atoms with Gasteiger partial charge in [-0.1, -0.05) is 103 Å². The van der Waals surface area contributed by atoms with E-state index in [0.29, 0.717) is 5.56 Å². The van der Waals surface area contributed by atoms with Gasteiger partial charge in [-0.15, -0.1) is 0 Å². The van der Waals surface area contributed by atoms with Crippen LogP contribution in [0.2, 0.25) is 0 Å². The maximum atomic E-state index is 9.19. The second kappa shape index (κ2) is 11.1. The van der Waals surface area contributed by atoms with Gasteiger partial charge < -0.3 is 9.13 Å². The largest absolute Gasteiger partial charge is 0.309 e. The molecule has 10 rings (SSSR count). The van der Waals surface area contributed by atoms with Crippen LogP contribution in [0.4, 0.5) is 0 Å². The van der Waals surface area contributed by atoms with E-state index >= 15 is 0 Å². The fourth-order valence-electron chi connectivity index (χ4n) is 7.80. The van der Waals surface area contributed by atoms with E-state index in [4.69, 9.17) is 0 Å². The van der Waals surface area contributed by atoms with E-state index in [-0.39, 0.29) is 0 Å². The second-order valence-corrected chi connectivity index (χ2v) is 12.9. The van der Waals surface area contributed by atoms with Gasteiger partial charge in [0.15, 0.2) is 0 Å². The van der Waals surface area contributed by atoms with Crippen molar-refractivity contribution >= 4 is 54.4 Å². The van der Waals surface area contributed by atoms with Gasteiger partial charge in [0.1, 0.15) is 0 Å². The molecule has 232 valence electrons. The van der Waals surface area contributed by atoms with Crippen molar-refractivity contribution in [1.29, 1.82) is 5.26 Å². The van der Waals surface area contributed by atoms with Crippen LogP contribution >= 0.6 is 0 Å². The van der Waals surface area contributed by atoms with Crippen LogP contribution in [-0.2, 0) is 0 Å². The van der Waals surface area contributed by atoms with Crippen LogP contribution in [0.1, 0.15) is 5.56 Å². The van der Waals surface area contributed by atoms with Gasteiger partial charge in [-0.25, -0.2) is 0 Å². The molecule has 0 fully saturated rings. The monoisotopic (exact) mass is 635 g/mol. The van der Waals surface area contributed by atoms with E-state index in [1.165, 1.54) is 71.2 Å². The Balaban J connectivity index is 1.09. The summed E-state index contributed by atoms with van der Waals surface area (Å²) in [6.07, 6.45) is 0. The van der Waals surface area contributed by atoms with E-state index in [1.54, 1.807) is 0 Å². The Bertz CT molecular complexity index is 2960. The molecule has 0 radical (unpaired) electrons. The number of nitrogens with zero attached hydrogens (tertiary/aromatic N) is 3. The first-order chi connectivity index (χ1) is 24.7. The molecule has 3 heteroatoms. The zero-order valence-electron chi connectivity index (χ0n) is 27.1. The van der Waals surface area contributed by atoms with Gasteiger partial charge in [-0.05, 0) is 106 Å². The van der Waals surface area contributed by atoms with Crippen LogP contribution in [0.15, 0.2) is 176 Å².